The fraction of sp³-hybridized carbons (Fsp3) is 0.400. The van der Waals surface area contributed by atoms with Gasteiger partial charge in [0.05, 0.1) is 28.4 Å². The Kier molecular flexibility index (Phi) is 10.2. The molecule has 0 spiro atoms. The Labute approximate surface area is 205 Å². The number of carbonyl (C=O) groups excluding carboxylic acids is 3. The van der Waals surface area contributed by atoms with Crippen molar-refractivity contribution in [2.45, 2.75) is 26.4 Å². The SMILES string of the molecule is COC(=O)CN(Cc1cc(OC)cc(OC)c1)C(=O)c1ccc(OCC(=O)NC(C)C)c(OC)c1. The Morgan fingerprint density at radius 2 is 1.54 bits per heavy atom. The van der Waals surface area contributed by atoms with Gasteiger partial charge in [0.25, 0.3) is 11.8 Å². The number of nitrogens with zero attached hydrogens (tertiary/aromatic N) is 1. The van der Waals surface area contributed by atoms with Crippen molar-refractivity contribution in [3.63, 3.8) is 0 Å². The van der Waals surface area contributed by atoms with Gasteiger partial charge in [0, 0.05) is 24.2 Å². The van der Waals surface area contributed by atoms with E-state index in [1.54, 1.807) is 24.3 Å². The van der Waals surface area contributed by atoms with Crippen LogP contribution in [0.3, 0.4) is 0 Å². The van der Waals surface area contributed by atoms with Gasteiger partial charge >= 0.3 is 5.97 Å². The molecule has 2 rings (SSSR count). The molecule has 35 heavy (non-hydrogen) atoms. The van der Waals surface area contributed by atoms with Crippen molar-refractivity contribution >= 4 is 17.8 Å². The molecule has 0 unspecified atom stereocenters. The van der Waals surface area contributed by atoms with E-state index in [4.69, 9.17) is 23.7 Å². The summed E-state index contributed by atoms with van der Waals surface area (Å²) in [7, 11) is 5.74. The zero-order valence-electron chi connectivity index (χ0n) is 20.9. The van der Waals surface area contributed by atoms with Gasteiger partial charge in [-0.25, -0.2) is 0 Å². The first-order valence-corrected chi connectivity index (χ1v) is 10.9. The number of benzene rings is 2. The van der Waals surface area contributed by atoms with Crippen LogP contribution >= 0.6 is 0 Å². The lowest BCUT2D eigenvalue weighted by Gasteiger charge is -2.23. The molecule has 0 bridgehead atoms. The number of nitrogens with one attached hydrogen (secondary N) is 1. The summed E-state index contributed by atoms with van der Waals surface area (Å²) in [6, 6.07) is 9.77. The van der Waals surface area contributed by atoms with E-state index in [0.29, 0.717) is 22.8 Å². The van der Waals surface area contributed by atoms with Gasteiger partial charge in [0.15, 0.2) is 18.1 Å². The average molecular weight is 489 g/mol. The van der Waals surface area contributed by atoms with E-state index in [1.165, 1.54) is 45.5 Å². The molecule has 2 aromatic rings. The summed E-state index contributed by atoms with van der Waals surface area (Å²) in [5, 5.41) is 2.73. The molecule has 2 aromatic carbocycles. The molecule has 10 heteroatoms. The third-order valence-corrected chi connectivity index (χ3v) is 4.84. The number of rotatable bonds is 12. The predicted octanol–water partition coefficient (Wildman–Crippen LogP) is 2.43. The third kappa shape index (κ3) is 8.09. The summed E-state index contributed by atoms with van der Waals surface area (Å²) in [5.41, 5.74) is 0.959. The first-order chi connectivity index (χ1) is 16.7. The molecule has 10 nitrogen and oxygen atoms in total. The molecule has 190 valence electrons. The van der Waals surface area contributed by atoms with E-state index < -0.39 is 11.9 Å². The molecule has 2 amide bonds. The Bertz CT molecular complexity index is 1020. The zero-order chi connectivity index (χ0) is 26.0. The van der Waals surface area contributed by atoms with Crippen LogP contribution in [0.5, 0.6) is 23.0 Å². The summed E-state index contributed by atoms with van der Waals surface area (Å²) in [4.78, 5) is 38.6. The van der Waals surface area contributed by atoms with Crippen LogP contribution in [0.25, 0.3) is 0 Å². The Morgan fingerprint density at radius 1 is 0.886 bits per heavy atom. The second kappa shape index (κ2) is 13.1. The number of carbonyl (C=O) groups is 3. The third-order valence-electron chi connectivity index (χ3n) is 4.84. The topological polar surface area (TPSA) is 113 Å². The normalized spacial score (nSPS) is 10.4. The second-order valence-corrected chi connectivity index (χ2v) is 7.83. The molecule has 0 fully saturated rings. The number of amides is 2. The van der Waals surface area contributed by atoms with Gasteiger partial charge in [-0.05, 0) is 49.7 Å². The van der Waals surface area contributed by atoms with E-state index in [1.807, 2.05) is 13.8 Å². The molecule has 0 saturated carbocycles. The first-order valence-electron chi connectivity index (χ1n) is 10.9. The van der Waals surface area contributed by atoms with Gasteiger partial charge in [-0.15, -0.1) is 0 Å². The van der Waals surface area contributed by atoms with Gasteiger partial charge in [-0.2, -0.15) is 0 Å². The summed E-state index contributed by atoms with van der Waals surface area (Å²) in [6.45, 7) is 3.32. The highest BCUT2D eigenvalue weighted by Gasteiger charge is 2.22. The van der Waals surface area contributed by atoms with Crippen molar-refractivity contribution in [2.75, 3.05) is 41.6 Å². The van der Waals surface area contributed by atoms with E-state index in [2.05, 4.69) is 5.32 Å². The molecule has 1 N–H and O–H groups in total. The number of hydrogen-bond donors (Lipinski definition) is 1. The van der Waals surface area contributed by atoms with Gasteiger partial charge in [-0.3, -0.25) is 14.4 Å². The number of methoxy groups -OCH3 is 4. The van der Waals surface area contributed by atoms with Crippen molar-refractivity contribution in [1.82, 2.24) is 10.2 Å². The Hall–Kier alpha value is -3.95. The van der Waals surface area contributed by atoms with Crippen molar-refractivity contribution in [1.29, 1.82) is 0 Å². The molecular formula is C25H32N2O8. The fourth-order valence-electron chi connectivity index (χ4n) is 3.21. The standard InChI is InChI=1S/C25H32N2O8/c1-16(2)26-23(28)15-35-21-8-7-18(11-22(21)33-5)25(30)27(14-24(29)34-6)13-17-9-19(31-3)12-20(10-17)32-4/h7-12,16H,13-15H2,1-6H3,(H,26,28). The Balaban J connectivity index is 2.29. The van der Waals surface area contributed by atoms with Gasteiger partial charge in [-0.1, -0.05) is 0 Å². The van der Waals surface area contributed by atoms with E-state index in [9.17, 15) is 14.4 Å². The first kappa shape index (κ1) is 27.3. The highest BCUT2D eigenvalue weighted by molar-refractivity contribution is 5.96. The van der Waals surface area contributed by atoms with Gasteiger partial charge in [0.2, 0.25) is 0 Å². The second-order valence-electron chi connectivity index (χ2n) is 7.83. The predicted molar refractivity (Wildman–Crippen MR) is 128 cm³/mol. The van der Waals surface area contributed by atoms with Crippen molar-refractivity contribution < 1.29 is 38.1 Å². The lowest BCUT2D eigenvalue weighted by molar-refractivity contribution is -0.141. The van der Waals surface area contributed by atoms with Crippen LogP contribution in [0.15, 0.2) is 36.4 Å². The molecule has 0 aromatic heterocycles. The summed E-state index contributed by atoms with van der Waals surface area (Å²) < 4.78 is 26.3. The van der Waals surface area contributed by atoms with E-state index >= 15 is 0 Å². The summed E-state index contributed by atoms with van der Waals surface area (Å²) >= 11 is 0. The Morgan fingerprint density at radius 3 is 2.09 bits per heavy atom. The van der Waals surface area contributed by atoms with Crippen molar-refractivity contribution in [3.05, 3.63) is 47.5 Å². The summed E-state index contributed by atoms with van der Waals surface area (Å²) in [6.07, 6.45) is 0. The minimum Gasteiger partial charge on any atom is -0.497 e. The van der Waals surface area contributed by atoms with Gasteiger partial charge in [0.1, 0.15) is 18.0 Å². The lowest BCUT2D eigenvalue weighted by Crippen LogP contribution is -2.35. The van der Waals surface area contributed by atoms with Crippen LogP contribution < -0.4 is 24.3 Å². The summed E-state index contributed by atoms with van der Waals surface area (Å²) in [5.74, 6) is 0.398. The molecule has 0 atom stereocenters. The van der Waals surface area contributed by atoms with Crippen molar-refractivity contribution in [3.8, 4) is 23.0 Å². The minimum absolute atomic E-state index is 0.0154. The maximum absolute atomic E-state index is 13.4. The van der Waals surface area contributed by atoms with Crippen molar-refractivity contribution in [2.24, 2.45) is 0 Å². The highest BCUT2D eigenvalue weighted by atomic mass is 16.5. The lowest BCUT2D eigenvalue weighted by atomic mass is 10.1. The molecular weight excluding hydrogens is 456 g/mol. The number of esters is 1. The van der Waals surface area contributed by atoms with Gasteiger partial charge < -0.3 is 33.9 Å². The monoisotopic (exact) mass is 488 g/mol. The van der Waals surface area contributed by atoms with E-state index in [-0.39, 0.29) is 43.0 Å². The quantitative estimate of drug-likeness (QED) is 0.454. The fourth-order valence-corrected chi connectivity index (χ4v) is 3.21. The molecule has 0 heterocycles. The molecule has 0 aliphatic rings. The molecule has 0 saturated heterocycles. The molecule has 0 aliphatic heterocycles. The highest BCUT2D eigenvalue weighted by Crippen LogP contribution is 2.29. The van der Waals surface area contributed by atoms with Crippen LogP contribution in [0, 0.1) is 0 Å². The largest absolute Gasteiger partial charge is 0.497 e. The van der Waals surface area contributed by atoms with Crippen LogP contribution in [0.2, 0.25) is 0 Å². The molecule has 0 radical (unpaired) electrons. The number of ether oxygens (including phenoxy) is 5. The zero-order valence-corrected chi connectivity index (χ0v) is 20.9. The van der Waals surface area contributed by atoms with Crippen LogP contribution in [0.1, 0.15) is 29.8 Å². The maximum Gasteiger partial charge on any atom is 0.325 e. The average Bonchev–Trinajstić information content (AvgIpc) is 2.85. The minimum atomic E-state index is -0.573. The van der Waals surface area contributed by atoms with E-state index in [0.717, 1.165) is 0 Å². The van der Waals surface area contributed by atoms with Crippen LogP contribution in [0.4, 0.5) is 0 Å². The molecule has 0 aliphatic carbocycles. The smallest absolute Gasteiger partial charge is 0.325 e. The van der Waals surface area contributed by atoms with Crippen LogP contribution in [-0.2, 0) is 20.9 Å². The number of hydrogen-bond acceptors (Lipinski definition) is 8. The van der Waals surface area contributed by atoms with Crippen LogP contribution in [-0.4, -0.2) is 70.3 Å². The maximum atomic E-state index is 13.4.